The molecule has 0 aromatic heterocycles. The Kier molecular flexibility index (Phi) is 4.62. The van der Waals surface area contributed by atoms with E-state index < -0.39 is 10.0 Å². The van der Waals surface area contributed by atoms with Gasteiger partial charge in [0.25, 0.3) is 0 Å². The summed E-state index contributed by atoms with van der Waals surface area (Å²) in [7, 11) is -3.69. The molecule has 0 bridgehead atoms. The highest BCUT2D eigenvalue weighted by molar-refractivity contribution is 7.89. The van der Waals surface area contributed by atoms with Crippen LogP contribution in [0.15, 0.2) is 23.1 Å². The Labute approximate surface area is 131 Å². The van der Waals surface area contributed by atoms with E-state index in [0.717, 1.165) is 6.42 Å². The molecule has 0 N–H and O–H groups in total. The standard InChI is InChI=1S/C15H19ClN2O2S/c1-10-6-11(2)12(3)18(9-10)21(19,20)15-7-13(8-17)4-5-14(15)16/h4-5,7,10-12H,6,9H2,1-3H3. The molecule has 0 saturated carbocycles. The van der Waals surface area contributed by atoms with Gasteiger partial charge in [-0.15, -0.1) is 0 Å². The number of benzene rings is 1. The predicted octanol–water partition coefficient (Wildman–Crippen LogP) is 3.27. The van der Waals surface area contributed by atoms with Crippen molar-refractivity contribution in [1.82, 2.24) is 4.31 Å². The molecule has 0 aliphatic carbocycles. The third kappa shape index (κ3) is 3.08. The monoisotopic (exact) mass is 326 g/mol. The van der Waals surface area contributed by atoms with Crippen molar-refractivity contribution in [3.63, 3.8) is 0 Å². The Morgan fingerprint density at radius 2 is 2.00 bits per heavy atom. The average Bonchev–Trinajstić information content (AvgIpc) is 2.43. The van der Waals surface area contributed by atoms with E-state index in [0.29, 0.717) is 23.9 Å². The lowest BCUT2D eigenvalue weighted by molar-refractivity contribution is 0.157. The van der Waals surface area contributed by atoms with Crippen molar-refractivity contribution in [1.29, 1.82) is 5.26 Å². The summed E-state index contributed by atoms with van der Waals surface area (Å²) >= 11 is 6.06. The number of hydrogen-bond acceptors (Lipinski definition) is 3. The lowest BCUT2D eigenvalue weighted by Crippen LogP contribution is -2.48. The molecule has 3 unspecified atom stereocenters. The van der Waals surface area contributed by atoms with Gasteiger partial charge in [-0.05, 0) is 43.4 Å². The van der Waals surface area contributed by atoms with E-state index >= 15 is 0 Å². The Morgan fingerprint density at radius 3 is 2.62 bits per heavy atom. The summed E-state index contributed by atoms with van der Waals surface area (Å²) in [6.07, 6.45) is 1.01. The molecule has 6 heteroatoms. The minimum Gasteiger partial charge on any atom is -0.207 e. The summed E-state index contributed by atoms with van der Waals surface area (Å²) in [5.41, 5.74) is 0.295. The molecule has 0 amide bonds. The lowest BCUT2D eigenvalue weighted by Gasteiger charge is -2.40. The van der Waals surface area contributed by atoms with Gasteiger partial charge in [0.2, 0.25) is 10.0 Å². The van der Waals surface area contributed by atoms with Crippen molar-refractivity contribution in [2.45, 2.75) is 38.1 Å². The third-order valence-electron chi connectivity index (χ3n) is 4.19. The highest BCUT2D eigenvalue weighted by Crippen LogP contribution is 2.34. The number of hydrogen-bond donors (Lipinski definition) is 0. The smallest absolute Gasteiger partial charge is 0.207 e. The van der Waals surface area contributed by atoms with Gasteiger partial charge in [0.1, 0.15) is 4.90 Å². The van der Waals surface area contributed by atoms with Gasteiger partial charge >= 0.3 is 0 Å². The van der Waals surface area contributed by atoms with Crippen molar-refractivity contribution in [3.8, 4) is 6.07 Å². The fourth-order valence-corrected chi connectivity index (χ4v) is 5.23. The Morgan fingerprint density at radius 1 is 1.33 bits per heavy atom. The first-order valence-electron chi connectivity index (χ1n) is 6.99. The fraction of sp³-hybridized carbons (Fsp3) is 0.533. The number of sulfonamides is 1. The quantitative estimate of drug-likeness (QED) is 0.838. The minimum atomic E-state index is -3.69. The Bertz CT molecular complexity index is 681. The van der Waals surface area contributed by atoms with E-state index in [1.807, 2.05) is 13.0 Å². The molecule has 1 aromatic carbocycles. The van der Waals surface area contributed by atoms with Gasteiger partial charge in [-0.25, -0.2) is 8.42 Å². The topological polar surface area (TPSA) is 61.2 Å². The molecule has 2 rings (SSSR count). The van der Waals surface area contributed by atoms with Crippen LogP contribution < -0.4 is 0 Å². The number of nitrogens with zero attached hydrogens (tertiary/aromatic N) is 2. The summed E-state index contributed by atoms with van der Waals surface area (Å²) in [4.78, 5) is 0.0244. The highest BCUT2D eigenvalue weighted by atomic mass is 35.5. The van der Waals surface area contributed by atoms with Crippen molar-refractivity contribution in [2.75, 3.05) is 6.54 Å². The van der Waals surface area contributed by atoms with Crippen LogP contribution in [0.2, 0.25) is 5.02 Å². The van der Waals surface area contributed by atoms with Crippen LogP contribution in [-0.4, -0.2) is 25.3 Å². The SMILES string of the molecule is CC1CC(C)C(C)N(S(=O)(=O)c2cc(C#N)ccc2Cl)C1. The maximum atomic E-state index is 12.9. The van der Waals surface area contributed by atoms with Crippen molar-refractivity contribution in [3.05, 3.63) is 28.8 Å². The first-order valence-corrected chi connectivity index (χ1v) is 8.80. The van der Waals surface area contributed by atoms with E-state index in [1.165, 1.54) is 22.5 Å². The van der Waals surface area contributed by atoms with Crippen molar-refractivity contribution < 1.29 is 8.42 Å². The molecule has 1 aliphatic heterocycles. The Hall–Kier alpha value is -1.09. The molecule has 3 atom stereocenters. The second-order valence-corrected chi connectivity index (χ2v) is 8.16. The Balaban J connectivity index is 2.49. The van der Waals surface area contributed by atoms with Crippen molar-refractivity contribution in [2.24, 2.45) is 11.8 Å². The fourth-order valence-electron chi connectivity index (χ4n) is 2.88. The number of rotatable bonds is 2. The maximum absolute atomic E-state index is 12.9. The zero-order valence-electron chi connectivity index (χ0n) is 12.4. The summed E-state index contributed by atoms with van der Waals surface area (Å²) in [5.74, 6) is 0.602. The van der Waals surface area contributed by atoms with Crippen LogP contribution in [0.25, 0.3) is 0 Å². The second-order valence-electron chi connectivity index (χ2n) is 5.89. The zero-order valence-corrected chi connectivity index (χ0v) is 13.9. The molecule has 0 radical (unpaired) electrons. The van der Waals surface area contributed by atoms with Gasteiger partial charge < -0.3 is 0 Å². The molecule has 0 spiro atoms. The average molecular weight is 327 g/mol. The van der Waals surface area contributed by atoms with Crippen LogP contribution in [0.4, 0.5) is 0 Å². The van der Waals surface area contributed by atoms with Gasteiger partial charge in [-0.3, -0.25) is 0 Å². The minimum absolute atomic E-state index is 0.0244. The van der Waals surface area contributed by atoms with Crippen LogP contribution in [0.5, 0.6) is 0 Å². The third-order valence-corrected chi connectivity index (χ3v) is 6.62. The van der Waals surface area contributed by atoms with Gasteiger partial charge in [0.05, 0.1) is 16.7 Å². The van der Waals surface area contributed by atoms with Crippen LogP contribution in [-0.2, 0) is 10.0 Å². The predicted molar refractivity (Wildman–Crippen MR) is 82.5 cm³/mol. The molecule has 1 aliphatic rings. The van der Waals surface area contributed by atoms with Crippen LogP contribution in [0, 0.1) is 23.2 Å². The molecule has 1 heterocycles. The number of piperidine rings is 1. The molecular weight excluding hydrogens is 308 g/mol. The molecule has 21 heavy (non-hydrogen) atoms. The maximum Gasteiger partial charge on any atom is 0.244 e. The summed E-state index contributed by atoms with van der Waals surface area (Å²) in [6.45, 7) is 6.53. The zero-order chi connectivity index (χ0) is 15.8. The van der Waals surface area contributed by atoms with Crippen LogP contribution in [0.1, 0.15) is 32.8 Å². The van der Waals surface area contributed by atoms with Crippen LogP contribution >= 0.6 is 11.6 Å². The molecule has 1 fully saturated rings. The summed E-state index contributed by atoms with van der Waals surface area (Å²) in [6, 6.07) is 6.22. The van der Waals surface area contributed by atoms with E-state index in [2.05, 4.69) is 13.8 Å². The number of halogens is 1. The van der Waals surface area contributed by atoms with Crippen LogP contribution in [0.3, 0.4) is 0 Å². The summed E-state index contributed by atoms with van der Waals surface area (Å²) in [5, 5.41) is 9.12. The highest BCUT2D eigenvalue weighted by Gasteiger charge is 2.38. The van der Waals surface area contributed by atoms with E-state index in [9.17, 15) is 8.42 Å². The van der Waals surface area contributed by atoms with Gasteiger partial charge in [0.15, 0.2) is 0 Å². The second kappa shape index (κ2) is 5.96. The first kappa shape index (κ1) is 16.3. The van der Waals surface area contributed by atoms with E-state index in [-0.39, 0.29) is 16.0 Å². The molecule has 114 valence electrons. The molecule has 1 saturated heterocycles. The normalized spacial score (nSPS) is 27.3. The molecule has 1 aromatic rings. The van der Waals surface area contributed by atoms with E-state index in [1.54, 1.807) is 0 Å². The number of nitriles is 1. The van der Waals surface area contributed by atoms with Gasteiger partial charge in [-0.1, -0.05) is 25.4 Å². The van der Waals surface area contributed by atoms with Gasteiger partial charge in [0, 0.05) is 12.6 Å². The lowest BCUT2D eigenvalue weighted by atomic mass is 9.88. The molecular formula is C15H19ClN2O2S. The van der Waals surface area contributed by atoms with Crippen molar-refractivity contribution >= 4 is 21.6 Å². The summed E-state index contributed by atoms with van der Waals surface area (Å²) < 4.78 is 27.3. The van der Waals surface area contributed by atoms with E-state index in [4.69, 9.17) is 16.9 Å². The first-order chi connectivity index (χ1) is 9.77. The molecule has 4 nitrogen and oxygen atoms in total. The largest absolute Gasteiger partial charge is 0.244 e. The van der Waals surface area contributed by atoms with Gasteiger partial charge in [-0.2, -0.15) is 9.57 Å².